The summed E-state index contributed by atoms with van der Waals surface area (Å²) < 4.78 is 17.6. The van der Waals surface area contributed by atoms with Crippen molar-refractivity contribution in [3.05, 3.63) is 22.2 Å². The first-order valence-corrected chi connectivity index (χ1v) is 5.27. The molecule has 0 saturated carbocycles. The van der Waals surface area contributed by atoms with Crippen LogP contribution in [0.3, 0.4) is 0 Å². The van der Waals surface area contributed by atoms with E-state index in [0.29, 0.717) is 10.2 Å². The summed E-state index contributed by atoms with van der Waals surface area (Å²) in [6.45, 7) is -0.470. The molecular formula is C10H14BrClFNO2. The fraction of sp³-hybridized carbons (Fsp3) is 0.400. The quantitative estimate of drug-likeness (QED) is 0.898. The molecule has 0 heterocycles. The number of rotatable bonds is 4. The Labute approximate surface area is 108 Å². The molecule has 0 aliphatic rings. The fourth-order valence-corrected chi connectivity index (χ4v) is 1.71. The zero-order valence-corrected chi connectivity index (χ0v) is 11.1. The minimum Gasteiger partial charge on any atom is -0.503 e. The molecule has 0 amide bonds. The van der Waals surface area contributed by atoms with Crippen LogP contribution in [0.4, 0.5) is 4.39 Å². The topological polar surface area (TPSA) is 55.5 Å². The number of phenolic OH excluding ortho intramolecular Hbond substituents is 1. The Balaban J connectivity index is 0.00000225. The van der Waals surface area contributed by atoms with Gasteiger partial charge in [0.25, 0.3) is 0 Å². The summed E-state index contributed by atoms with van der Waals surface area (Å²) in [6.07, 6.45) is 0.250. The van der Waals surface area contributed by atoms with Crippen molar-refractivity contribution in [2.24, 2.45) is 5.73 Å². The smallest absolute Gasteiger partial charge is 0.172 e. The van der Waals surface area contributed by atoms with Crippen LogP contribution in [0.2, 0.25) is 0 Å². The second kappa shape index (κ2) is 6.93. The highest BCUT2D eigenvalue weighted by Crippen LogP contribution is 2.36. The molecule has 1 aromatic carbocycles. The van der Waals surface area contributed by atoms with Crippen molar-refractivity contribution in [2.75, 3.05) is 13.8 Å². The number of halogens is 3. The zero-order valence-electron chi connectivity index (χ0n) is 8.74. The monoisotopic (exact) mass is 313 g/mol. The Bertz CT molecular complexity index is 352. The molecule has 1 rings (SSSR count). The van der Waals surface area contributed by atoms with Crippen LogP contribution in [0.25, 0.3) is 0 Å². The maximum Gasteiger partial charge on any atom is 0.172 e. The Morgan fingerprint density at radius 3 is 2.69 bits per heavy atom. The maximum atomic E-state index is 12.1. The van der Waals surface area contributed by atoms with Gasteiger partial charge in [-0.25, -0.2) is 0 Å². The number of methoxy groups -OCH3 is 1. The molecule has 1 aromatic rings. The highest BCUT2D eigenvalue weighted by atomic mass is 79.9. The summed E-state index contributed by atoms with van der Waals surface area (Å²) in [4.78, 5) is 0. The summed E-state index contributed by atoms with van der Waals surface area (Å²) in [5.41, 5.74) is 6.48. The SMILES string of the molecule is COc1cc([C@H](N)CCF)cc(Br)c1O.Cl. The van der Waals surface area contributed by atoms with Gasteiger partial charge in [0.15, 0.2) is 11.5 Å². The molecule has 16 heavy (non-hydrogen) atoms. The van der Waals surface area contributed by atoms with Crippen LogP contribution in [-0.4, -0.2) is 18.9 Å². The molecule has 0 radical (unpaired) electrons. The molecule has 0 spiro atoms. The number of aromatic hydroxyl groups is 1. The van der Waals surface area contributed by atoms with E-state index in [2.05, 4.69) is 15.9 Å². The molecule has 0 saturated heterocycles. The second-order valence-corrected chi connectivity index (χ2v) is 3.99. The predicted octanol–water partition coefficient (Wildman–Crippen LogP) is 2.94. The molecule has 0 aliphatic carbocycles. The van der Waals surface area contributed by atoms with E-state index >= 15 is 0 Å². The first kappa shape index (κ1) is 15.5. The van der Waals surface area contributed by atoms with Gasteiger partial charge in [0.1, 0.15) is 0 Å². The van der Waals surface area contributed by atoms with Gasteiger partial charge in [-0.05, 0) is 40.0 Å². The number of phenols is 1. The molecule has 0 bridgehead atoms. The Morgan fingerprint density at radius 2 is 2.19 bits per heavy atom. The molecule has 0 fully saturated rings. The Morgan fingerprint density at radius 1 is 1.56 bits per heavy atom. The van der Waals surface area contributed by atoms with Gasteiger partial charge in [-0.1, -0.05) is 0 Å². The summed E-state index contributed by atoms with van der Waals surface area (Å²) in [6, 6.07) is 2.89. The third-order valence-corrected chi connectivity index (χ3v) is 2.72. The lowest BCUT2D eigenvalue weighted by Crippen LogP contribution is -2.11. The first-order valence-electron chi connectivity index (χ1n) is 4.48. The average molecular weight is 315 g/mol. The number of benzene rings is 1. The van der Waals surface area contributed by atoms with Crippen LogP contribution in [0.1, 0.15) is 18.0 Å². The number of hydrogen-bond donors (Lipinski definition) is 2. The summed E-state index contributed by atoms with van der Waals surface area (Å²) >= 11 is 3.18. The van der Waals surface area contributed by atoms with Crippen LogP contribution >= 0.6 is 28.3 Å². The first-order chi connectivity index (χ1) is 7.10. The third-order valence-electron chi connectivity index (χ3n) is 2.12. The largest absolute Gasteiger partial charge is 0.503 e. The van der Waals surface area contributed by atoms with Gasteiger partial charge in [0, 0.05) is 6.04 Å². The Hall–Kier alpha value is -0.520. The van der Waals surface area contributed by atoms with E-state index in [1.807, 2.05) is 0 Å². The number of ether oxygens (including phenoxy) is 1. The lowest BCUT2D eigenvalue weighted by Gasteiger charge is -2.13. The van der Waals surface area contributed by atoms with E-state index in [-0.39, 0.29) is 30.6 Å². The normalized spacial score (nSPS) is 11.8. The minimum atomic E-state index is -0.470. The Kier molecular flexibility index (Phi) is 6.71. The van der Waals surface area contributed by atoms with Crippen molar-refractivity contribution in [3.63, 3.8) is 0 Å². The highest BCUT2D eigenvalue weighted by molar-refractivity contribution is 9.10. The summed E-state index contributed by atoms with van der Waals surface area (Å²) in [5.74, 6) is 0.349. The van der Waals surface area contributed by atoms with Crippen LogP contribution in [0, 0.1) is 0 Å². The fourth-order valence-electron chi connectivity index (χ4n) is 1.25. The van der Waals surface area contributed by atoms with E-state index in [0.717, 1.165) is 5.56 Å². The summed E-state index contributed by atoms with van der Waals surface area (Å²) in [7, 11) is 1.45. The molecule has 3 N–H and O–H groups in total. The van der Waals surface area contributed by atoms with E-state index in [4.69, 9.17) is 10.5 Å². The van der Waals surface area contributed by atoms with Crippen molar-refractivity contribution >= 4 is 28.3 Å². The van der Waals surface area contributed by atoms with Crippen molar-refractivity contribution in [3.8, 4) is 11.5 Å². The van der Waals surface area contributed by atoms with E-state index < -0.39 is 6.67 Å². The molecule has 92 valence electrons. The number of alkyl halides is 1. The predicted molar refractivity (Wildman–Crippen MR) is 67.1 cm³/mol. The lowest BCUT2D eigenvalue weighted by molar-refractivity contribution is 0.370. The van der Waals surface area contributed by atoms with Gasteiger partial charge in [-0.2, -0.15) is 0 Å². The van der Waals surface area contributed by atoms with Crippen LogP contribution in [-0.2, 0) is 0 Å². The maximum absolute atomic E-state index is 12.1. The zero-order chi connectivity index (χ0) is 11.4. The third kappa shape index (κ3) is 3.50. The van der Waals surface area contributed by atoms with E-state index in [1.165, 1.54) is 7.11 Å². The lowest BCUT2D eigenvalue weighted by atomic mass is 10.0. The van der Waals surface area contributed by atoms with Gasteiger partial charge in [-0.15, -0.1) is 12.4 Å². The molecule has 3 nitrogen and oxygen atoms in total. The van der Waals surface area contributed by atoms with Gasteiger partial charge >= 0.3 is 0 Å². The van der Waals surface area contributed by atoms with E-state index in [9.17, 15) is 9.50 Å². The van der Waals surface area contributed by atoms with Gasteiger partial charge < -0.3 is 15.6 Å². The number of hydrogen-bond acceptors (Lipinski definition) is 3. The van der Waals surface area contributed by atoms with Crippen molar-refractivity contribution in [2.45, 2.75) is 12.5 Å². The summed E-state index contributed by atoms with van der Waals surface area (Å²) in [5, 5.41) is 9.55. The van der Waals surface area contributed by atoms with Crippen molar-refractivity contribution in [1.82, 2.24) is 0 Å². The van der Waals surface area contributed by atoms with Crippen molar-refractivity contribution < 1.29 is 14.2 Å². The van der Waals surface area contributed by atoms with Crippen LogP contribution < -0.4 is 10.5 Å². The molecule has 0 aromatic heterocycles. The van der Waals surface area contributed by atoms with Crippen LogP contribution in [0.5, 0.6) is 11.5 Å². The van der Waals surface area contributed by atoms with Gasteiger partial charge in [0.05, 0.1) is 18.3 Å². The molecule has 1 atom stereocenters. The standard InChI is InChI=1S/C10H13BrFNO2.ClH/c1-15-9-5-6(8(13)2-3-12)4-7(11)10(9)14;/h4-5,8,14H,2-3,13H2,1H3;1H/t8-;/m1./s1. The molecular weight excluding hydrogens is 300 g/mol. The van der Waals surface area contributed by atoms with E-state index in [1.54, 1.807) is 12.1 Å². The number of nitrogens with two attached hydrogens (primary N) is 1. The van der Waals surface area contributed by atoms with Gasteiger partial charge in [-0.3, -0.25) is 4.39 Å². The molecule has 0 aliphatic heterocycles. The molecule has 0 unspecified atom stereocenters. The molecule has 6 heteroatoms. The van der Waals surface area contributed by atoms with Gasteiger partial charge in [0.2, 0.25) is 0 Å². The minimum absolute atomic E-state index is 0. The average Bonchev–Trinajstić information content (AvgIpc) is 2.22. The van der Waals surface area contributed by atoms with Crippen molar-refractivity contribution in [1.29, 1.82) is 0 Å². The second-order valence-electron chi connectivity index (χ2n) is 3.14. The van der Waals surface area contributed by atoms with Crippen LogP contribution in [0.15, 0.2) is 16.6 Å². The highest BCUT2D eigenvalue weighted by Gasteiger charge is 2.13.